The van der Waals surface area contributed by atoms with Crippen LogP contribution in [0, 0.1) is 4.51 Å². The maximum absolute atomic E-state index is 9.41. The molecule has 1 saturated heterocycles. The van der Waals surface area contributed by atoms with Crippen LogP contribution >= 0.6 is 23.8 Å². The maximum Gasteiger partial charge on any atom is 1.00 e. The standard InChI is InChI=1S/C10H13ClN2OS.Na.H/c11-9-8(15)1-4-12-10(9)13-5-2-7(14)3-6-13;;/h1,4,7,14H,2-3,5-6H2,(H,12,15);;/q;+1;-1. The Hall–Kier alpha value is 0.420. The number of aromatic nitrogens is 1. The molecule has 1 aromatic heterocycles. The van der Waals surface area contributed by atoms with Gasteiger partial charge in [0, 0.05) is 19.3 Å². The average molecular weight is 269 g/mol. The second-order valence-electron chi connectivity index (χ2n) is 3.72. The molecule has 0 saturated carbocycles. The van der Waals surface area contributed by atoms with Crippen molar-refractivity contribution in [2.75, 3.05) is 18.0 Å². The van der Waals surface area contributed by atoms with E-state index in [4.69, 9.17) is 23.8 Å². The van der Waals surface area contributed by atoms with Gasteiger partial charge >= 0.3 is 29.6 Å². The van der Waals surface area contributed by atoms with Crippen LogP contribution in [0.5, 0.6) is 0 Å². The molecule has 2 N–H and O–H groups in total. The van der Waals surface area contributed by atoms with E-state index in [9.17, 15) is 5.11 Å². The van der Waals surface area contributed by atoms with E-state index in [1.165, 1.54) is 0 Å². The van der Waals surface area contributed by atoms with Gasteiger partial charge in [-0.25, -0.2) is 0 Å². The van der Waals surface area contributed by atoms with Gasteiger partial charge in [-0.05, 0) is 18.9 Å². The first-order chi connectivity index (χ1) is 7.18. The molecule has 1 fully saturated rings. The van der Waals surface area contributed by atoms with E-state index < -0.39 is 0 Å². The molecule has 3 nitrogen and oxygen atoms in total. The van der Waals surface area contributed by atoms with Crippen molar-refractivity contribution >= 4 is 29.6 Å². The number of pyridine rings is 1. The summed E-state index contributed by atoms with van der Waals surface area (Å²) < 4.78 is 0.663. The number of anilines is 1. The van der Waals surface area contributed by atoms with E-state index in [2.05, 4.69) is 9.88 Å². The Bertz CT molecular complexity index is 410. The molecule has 84 valence electrons. The molecule has 6 heteroatoms. The first-order valence-corrected chi connectivity index (χ1v) is 5.77. The van der Waals surface area contributed by atoms with Gasteiger partial charge in [0.1, 0.15) is 5.82 Å². The quantitative estimate of drug-likeness (QED) is 0.532. The molecular weight excluding hydrogens is 255 g/mol. The number of aliphatic hydroxyl groups is 1. The normalized spacial score (nSPS) is 17.0. The van der Waals surface area contributed by atoms with Gasteiger partial charge in [-0.2, -0.15) is 0 Å². The van der Waals surface area contributed by atoms with E-state index >= 15 is 0 Å². The Balaban J connectivity index is 0.00000128. The number of piperidine rings is 1. The summed E-state index contributed by atoms with van der Waals surface area (Å²) in [5, 5.41) is 10.0. The van der Waals surface area contributed by atoms with E-state index in [0.29, 0.717) is 9.53 Å². The summed E-state index contributed by atoms with van der Waals surface area (Å²) >= 11 is 11.2. The third-order valence-electron chi connectivity index (χ3n) is 2.66. The fourth-order valence-corrected chi connectivity index (χ4v) is 2.17. The monoisotopic (exact) mass is 268 g/mol. The second kappa shape index (κ2) is 6.38. The number of H-pyrrole nitrogens is 1. The largest absolute Gasteiger partial charge is 1.00 e. The first-order valence-electron chi connectivity index (χ1n) is 4.98. The number of aromatic amines is 1. The summed E-state index contributed by atoms with van der Waals surface area (Å²) in [5.74, 6) is 0.871. The Labute approximate surface area is 129 Å². The molecule has 1 aliphatic rings. The van der Waals surface area contributed by atoms with Gasteiger partial charge in [-0.1, -0.05) is 23.8 Å². The molecule has 0 bridgehead atoms. The van der Waals surface area contributed by atoms with Crippen LogP contribution in [0.3, 0.4) is 0 Å². The van der Waals surface area contributed by atoms with E-state index in [0.717, 1.165) is 31.7 Å². The van der Waals surface area contributed by atoms with Crippen molar-refractivity contribution in [2.24, 2.45) is 0 Å². The topological polar surface area (TPSA) is 39.3 Å². The zero-order valence-corrected chi connectivity index (χ0v) is 12.8. The zero-order valence-electron chi connectivity index (χ0n) is 10.2. The molecular formula is C10H14ClN2NaOS. The molecule has 0 amide bonds. The number of rotatable bonds is 1. The van der Waals surface area contributed by atoms with Gasteiger partial charge in [0.15, 0.2) is 0 Å². The van der Waals surface area contributed by atoms with Gasteiger partial charge < -0.3 is 16.4 Å². The van der Waals surface area contributed by atoms with Crippen LogP contribution in [0.25, 0.3) is 0 Å². The predicted molar refractivity (Wildman–Crippen MR) is 65.2 cm³/mol. The van der Waals surface area contributed by atoms with Crippen LogP contribution in [-0.2, 0) is 0 Å². The summed E-state index contributed by atoms with van der Waals surface area (Å²) in [6.45, 7) is 1.63. The van der Waals surface area contributed by atoms with E-state index in [1.807, 2.05) is 0 Å². The number of aliphatic hydroxyl groups excluding tert-OH is 1. The summed E-state index contributed by atoms with van der Waals surface area (Å²) in [6.07, 6.45) is 3.19. The smallest absolute Gasteiger partial charge is 1.00 e. The molecule has 0 aliphatic carbocycles. The van der Waals surface area contributed by atoms with Gasteiger partial charge in [0.2, 0.25) is 0 Å². The van der Waals surface area contributed by atoms with Gasteiger partial charge in [0.25, 0.3) is 0 Å². The van der Waals surface area contributed by atoms with Crippen LogP contribution in [0.2, 0.25) is 5.02 Å². The molecule has 1 aromatic rings. The molecule has 1 aliphatic heterocycles. The molecule has 16 heavy (non-hydrogen) atoms. The molecule has 2 rings (SSSR count). The van der Waals surface area contributed by atoms with Crippen LogP contribution in [0.4, 0.5) is 5.82 Å². The molecule has 0 unspecified atom stereocenters. The third kappa shape index (κ3) is 3.22. The van der Waals surface area contributed by atoms with Crippen LogP contribution in [0.1, 0.15) is 14.3 Å². The van der Waals surface area contributed by atoms with E-state index in [-0.39, 0.29) is 37.1 Å². The maximum atomic E-state index is 9.41. The zero-order chi connectivity index (χ0) is 10.8. The SMILES string of the molecule is OC1CCN(c2[nH]ccc(=S)c2Cl)CC1.[H-].[Na+]. The molecule has 2 heterocycles. The minimum absolute atomic E-state index is 0. The third-order valence-corrected chi connectivity index (χ3v) is 3.49. The Morgan fingerprint density at radius 1 is 1.50 bits per heavy atom. The average Bonchev–Trinajstić information content (AvgIpc) is 2.24. The number of halogens is 1. The Morgan fingerprint density at radius 2 is 2.12 bits per heavy atom. The van der Waals surface area contributed by atoms with E-state index in [1.54, 1.807) is 12.3 Å². The summed E-state index contributed by atoms with van der Waals surface area (Å²) in [4.78, 5) is 5.24. The van der Waals surface area contributed by atoms with Gasteiger partial charge in [-0.3, -0.25) is 0 Å². The molecule has 0 atom stereocenters. The number of hydrogen-bond acceptors (Lipinski definition) is 3. The van der Waals surface area contributed by atoms with Crippen molar-refractivity contribution in [2.45, 2.75) is 18.9 Å². The van der Waals surface area contributed by atoms with Crippen molar-refractivity contribution < 1.29 is 36.1 Å². The second-order valence-corrected chi connectivity index (χ2v) is 4.54. The molecule has 0 spiro atoms. The Morgan fingerprint density at radius 3 is 2.75 bits per heavy atom. The number of nitrogens with zero attached hydrogens (tertiary/aromatic N) is 1. The predicted octanol–water partition coefficient (Wildman–Crippen LogP) is -0.525. The number of nitrogens with one attached hydrogen (secondary N) is 1. The van der Waals surface area contributed by atoms with Gasteiger partial charge in [-0.15, -0.1) is 0 Å². The van der Waals surface area contributed by atoms with Crippen LogP contribution in [-0.4, -0.2) is 29.3 Å². The van der Waals surface area contributed by atoms with Crippen LogP contribution in [0.15, 0.2) is 12.3 Å². The molecule has 0 aromatic carbocycles. The summed E-state index contributed by atoms with van der Waals surface area (Å²) in [5.41, 5.74) is 0. The Kier molecular flexibility index (Phi) is 5.77. The van der Waals surface area contributed by atoms with Crippen molar-refractivity contribution in [1.29, 1.82) is 0 Å². The van der Waals surface area contributed by atoms with Crippen molar-refractivity contribution in [1.82, 2.24) is 4.98 Å². The fourth-order valence-electron chi connectivity index (χ4n) is 1.77. The summed E-state index contributed by atoms with van der Waals surface area (Å²) in [6, 6.07) is 1.78. The van der Waals surface area contributed by atoms with Gasteiger partial charge in [0.05, 0.1) is 15.6 Å². The first kappa shape index (κ1) is 14.5. The van der Waals surface area contributed by atoms with Crippen LogP contribution < -0.4 is 34.5 Å². The van der Waals surface area contributed by atoms with Crippen molar-refractivity contribution in [3.05, 3.63) is 21.8 Å². The van der Waals surface area contributed by atoms with Crippen molar-refractivity contribution in [3.63, 3.8) is 0 Å². The fraction of sp³-hybridized carbons (Fsp3) is 0.500. The minimum atomic E-state index is -0.174. The summed E-state index contributed by atoms with van der Waals surface area (Å²) in [7, 11) is 0. The minimum Gasteiger partial charge on any atom is -1.00 e. The number of hydrogen-bond donors (Lipinski definition) is 2. The molecule has 0 radical (unpaired) electrons. The van der Waals surface area contributed by atoms with Crippen molar-refractivity contribution in [3.8, 4) is 0 Å².